The lowest BCUT2D eigenvalue weighted by atomic mass is 10.1. The molecule has 1 saturated heterocycles. The van der Waals surface area contributed by atoms with Gasteiger partial charge in [-0.3, -0.25) is 9.59 Å². The van der Waals surface area contributed by atoms with E-state index in [2.05, 4.69) is 5.32 Å². The van der Waals surface area contributed by atoms with Crippen LogP contribution in [0.25, 0.3) is 0 Å². The number of halogens is 1. The molecule has 1 aromatic carbocycles. The lowest BCUT2D eigenvalue weighted by molar-refractivity contribution is -0.121. The number of carbonyl (C=O) groups excluding carboxylic acids is 2. The second-order valence-corrected chi connectivity index (χ2v) is 4.57. The number of allylic oxidation sites excluding steroid dienone is 2. The SMILES string of the molecule is C[C@H]1C/C(=C\C(=O)c2ccc(Cl)cc2)NC1=O. The summed E-state index contributed by atoms with van der Waals surface area (Å²) >= 11 is 5.74. The molecule has 3 nitrogen and oxygen atoms in total. The maximum atomic E-state index is 11.9. The molecule has 1 N–H and O–H groups in total. The van der Waals surface area contributed by atoms with Crippen molar-refractivity contribution in [1.82, 2.24) is 5.32 Å². The molecule has 1 aromatic rings. The van der Waals surface area contributed by atoms with Crippen LogP contribution in [0.2, 0.25) is 5.02 Å². The highest BCUT2D eigenvalue weighted by atomic mass is 35.5. The Bertz CT molecular complexity index is 491. The van der Waals surface area contributed by atoms with Crippen LogP contribution in [0.15, 0.2) is 36.0 Å². The molecule has 0 unspecified atom stereocenters. The molecule has 1 atom stereocenters. The first-order chi connectivity index (χ1) is 8.06. The molecule has 1 fully saturated rings. The maximum absolute atomic E-state index is 11.9. The second kappa shape index (κ2) is 4.72. The lowest BCUT2D eigenvalue weighted by Crippen LogP contribution is -2.16. The summed E-state index contributed by atoms with van der Waals surface area (Å²) in [6, 6.07) is 6.68. The van der Waals surface area contributed by atoms with E-state index in [1.807, 2.05) is 6.92 Å². The quantitative estimate of drug-likeness (QED) is 0.647. The largest absolute Gasteiger partial charge is 0.329 e. The van der Waals surface area contributed by atoms with Gasteiger partial charge in [-0.05, 0) is 30.7 Å². The number of nitrogens with one attached hydrogen (secondary N) is 1. The van der Waals surface area contributed by atoms with Crippen molar-refractivity contribution in [3.8, 4) is 0 Å². The van der Waals surface area contributed by atoms with Crippen molar-refractivity contribution in [2.45, 2.75) is 13.3 Å². The molecule has 0 aliphatic carbocycles. The Balaban J connectivity index is 2.14. The molecule has 2 rings (SSSR count). The molecule has 1 heterocycles. The zero-order valence-corrected chi connectivity index (χ0v) is 10.1. The summed E-state index contributed by atoms with van der Waals surface area (Å²) in [5, 5.41) is 3.29. The van der Waals surface area contributed by atoms with E-state index in [1.165, 1.54) is 6.08 Å². The van der Waals surface area contributed by atoms with Crippen molar-refractivity contribution < 1.29 is 9.59 Å². The number of hydrogen-bond acceptors (Lipinski definition) is 2. The number of ketones is 1. The predicted molar refractivity (Wildman–Crippen MR) is 65.8 cm³/mol. The first-order valence-corrected chi connectivity index (χ1v) is 5.75. The summed E-state index contributed by atoms with van der Waals surface area (Å²) in [5.74, 6) is -0.203. The molecule has 0 radical (unpaired) electrons. The molecule has 1 amide bonds. The molecule has 0 bridgehead atoms. The van der Waals surface area contributed by atoms with Gasteiger partial charge in [-0.25, -0.2) is 0 Å². The topological polar surface area (TPSA) is 46.2 Å². The molecular weight excluding hydrogens is 238 g/mol. The van der Waals surface area contributed by atoms with Gasteiger partial charge in [0.05, 0.1) is 0 Å². The predicted octanol–water partition coefficient (Wildman–Crippen LogP) is 2.56. The summed E-state index contributed by atoms with van der Waals surface area (Å²) in [6.45, 7) is 1.84. The maximum Gasteiger partial charge on any atom is 0.227 e. The Hall–Kier alpha value is -1.61. The van der Waals surface area contributed by atoms with Crippen LogP contribution in [0.1, 0.15) is 23.7 Å². The second-order valence-electron chi connectivity index (χ2n) is 4.14. The zero-order chi connectivity index (χ0) is 12.4. The Morgan fingerprint density at radius 1 is 1.41 bits per heavy atom. The third-order valence-corrected chi connectivity index (χ3v) is 2.94. The minimum atomic E-state index is -0.119. The fourth-order valence-corrected chi connectivity index (χ4v) is 1.83. The van der Waals surface area contributed by atoms with Gasteiger partial charge in [0.15, 0.2) is 5.78 Å². The van der Waals surface area contributed by atoms with Crippen LogP contribution in [0, 0.1) is 5.92 Å². The lowest BCUT2D eigenvalue weighted by Gasteiger charge is -1.98. The van der Waals surface area contributed by atoms with Crippen molar-refractivity contribution >= 4 is 23.3 Å². The van der Waals surface area contributed by atoms with Crippen molar-refractivity contribution in [1.29, 1.82) is 0 Å². The Morgan fingerprint density at radius 3 is 2.59 bits per heavy atom. The van der Waals surface area contributed by atoms with Crippen molar-refractivity contribution in [2.75, 3.05) is 0 Å². The average molecular weight is 250 g/mol. The minimum Gasteiger partial charge on any atom is -0.329 e. The van der Waals surface area contributed by atoms with Gasteiger partial charge in [-0.15, -0.1) is 0 Å². The van der Waals surface area contributed by atoms with E-state index in [9.17, 15) is 9.59 Å². The number of benzene rings is 1. The smallest absolute Gasteiger partial charge is 0.227 e. The Labute approximate surface area is 104 Å². The molecule has 1 aliphatic rings. The van der Waals surface area contributed by atoms with Crippen LogP contribution in [0.4, 0.5) is 0 Å². The van der Waals surface area contributed by atoms with Gasteiger partial charge in [-0.2, -0.15) is 0 Å². The summed E-state index contributed by atoms with van der Waals surface area (Å²) in [6.07, 6.45) is 2.07. The van der Waals surface area contributed by atoms with Crippen molar-refractivity contribution in [3.63, 3.8) is 0 Å². The van der Waals surface area contributed by atoms with E-state index in [4.69, 9.17) is 11.6 Å². The normalized spacial score (nSPS) is 21.6. The van der Waals surface area contributed by atoms with Crippen LogP contribution in [-0.2, 0) is 4.79 Å². The van der Waals surface area contributed by atoms with Gasteiger partial charge >= 0.3 is 0 Å². The summed E-state index contributed by atoms with van der Waals surface area (Å²) in [4.78, 5) is 23.1. The van der Waals surface area contributed by atoms with Crippen LogP contribution < -0.4 is 5.32 Å². The Kier molecular flexibility index (Phi) is 3.29. The summed E-state index contributed by atoms with van der Waals surface area (Å²) in [7, 11) is 0. The van der Waals surface area contributed by atoms with Gasteiger partial charge in [0.25, 0.3) is 0 Å². The van der Waals surface area contributed by atoms with Crippen molar-refractivity contribution in [2.24, 2.45) is 5.92 Å². The van der Waals surface area contributed by atoms with Crippen LogP contribution in [0.5, 0.6) is 0 Å². The van der Waals surface area contributed by atoms with Crippen molar-refractivity contribution in [3.05, 3.63) is 46.6 Å². The number of rotatable bonds is 2. The Morgan fingerprint density at radius 2 is 2.06 bits per heavy atom. The molecule has 1 aliphatic heterocycles. The molecule has 0 saturated carbocycles. The van der Waals surface area contributed by atoms with E-state index < -0.39 is 0 Å². The van der Waals surface area contributed by atoms with Gasteiger partial charge < -0.3 is 5.32 Å². The van der Waals surface area contributed by atoms with Gasteiger partial charge in [0.1, 0.15) is 0 Å². The summed E-state index contributed by atoms with van der Waals surface area (Å²) < 4.78 is 0. The van der Waals surface area contributed by atoms with Crippen LogP contribution in [-0.4, -0.2) is 11.7 Å². The number of carbonyl (C=O) groups is 2. The highest BCUT2D eigenvalue weighted by Gasteiger charge is 2.23. The number of amides is 1. The minimum absolute atomic E-state index is 0.0276. The number of hydrogen-bond donors (Lipinski definition) is 1. The third-order valence-electron chi connectivity index (χ3n) is 2.69. The van der Waals surface area contributed by atoms with E-state index >= 15 is 0 Å². The van der Waals surface area contributed by atoms with Gasteiger partial charge in [0.2, 0.25) is 5.91 Å². The fourth-order valence-electron chi connectivity index (χ4n) is 1.71. The molecule has 4 heteroatoms. The molecular formula is C13H12ClNO2. The van der Waals surface area contributed by atoms with E-state index in [0.717, 1.165) is 0 Å². The monoisotopic (exact) mass is 249 g/mol. The third kappa shape index (κ3) is 2.74. The summed E-state index contributed by atoms with van der Waals surface area (Å²) in [5.41, 5.74) is 1.25. The molecule has 0 spiro atoms. The molecule has 88 valence electrons. The first-order valence-electron chi connectivity index (χ1n) is 5.37. The highest BCUT2D eigenvalue weighted by molar-refractivity contribution is 6.30. The van der Waals surface area contributed by atoms with E-state index in [1.54, 1.807) is 24.3 Å². The standard InChI is InChI=1S/C13H12ClNO2/c1-8-6-11(15-13(8)17)7-12(16)9-2-4-10(14)5-3-9/h2-5,7-8H,6H2,1H3,(H,15,17)/b11-7+/t8-/m0/s1. The van der Waals surface area contributed by atoms with E-state index in [-0.39, 0.29) is 17.6 Å². The zero-order valence-electron chi connectivity index (χ0n) is 9.37. The fraction of sp³-hybridized carbons (Fsp3) is 0.231. The average Bonchev–Trinajstić information content (AvgIpc) is 2.58. The van der Waals surface area contributed by atoms with Crippen LogP contribution in [0.3, 0.4) is 0 Å². The molecule has 0 aromatic heterocycles. The first kappa shape index (κ1) is 11.9. The van der Waals surface area contributed by atoms with Gasteiger partial charge in [-0.1, -0.05) is 18.5 Å². The highest BCUT2D eigenvalue weighted by Crippen LogP contribution is 2.18. The van der Waals surface area contributed by atoms with Crippen LogP contribution >= 0.6 is 11.6 Å². The molecule has 17 heavy (non-hydrogen) atoms. The van der Waals surface area contributed by atoms with Gasteiger partial charge in [0, 0.05) is 28.3 Å². The van der Waals surface area contributed by atoms with E-state index in [0.29, 0.717) is 22.7 Å².